The van der Waals surface area contributed by atoms with Crippen molar-refractivity contribution in [2.24, 2.45) is 11.8 Å². The first-order valence-corrected chi connectivity index (χ1v) is 8.96. The van der Waals surface area contributed by atoms with Crippen LogP contribution in [0.1, 0.15) is 44.6 Å². The highest BCUT2D eigenvalue weighted by atomic mass is 16.4. The van der Waals surface area contributed by atoms with Crippen molar-refractivity contribution < 1.29 is 19.5 Å². The molecule has 0 radical (unpaired) electrons. The molecule has 1 aromatic rings. The Hall–Kier alpha value is -2.37. The van der Waals surface area contributed by atoms with E-state index in [4.69, 9.17) is 5.11 Å². The summed E-state index contributed by atoms with van der Waals surface area (Å²) in [6.45, 7) is 2.75. The van der Waals surface area contributed by atoms with Crippen LogP contribution >= 0.6 is 0 Å². The van der Waals surface area contributed by atoms with Crippen molar-refractivity contribution in [3.05, 3.63) is 23.8 Å². The Kier molecular flexibility index (Phi) is 5.06. The lowest BCUT2D eigenvalue weighted by molar-refractivity contribution is -0.141. The number of anilines is 2. The number of carbonyl (C=O) groups is 3. The Morgan fingerprint density at radius 2 is 2.00 bits per heavy atom. The zero-order valence-electron chi connectivity index (χ0n) is 14.5. The summed E-state index contributed by atoms with van der Waals surface area (Å²) in [7, 11) is 0. The van der Waals surface area contributed by atoms with Gasteiger partial charge in [0.25, 0.3) is 0 Å². The molecule has 1 aliphatic carbocycles. The van der Waals surface area contributed by atoms with E-state index in [1.807, 2.05) is 30.0 Å². The van der Waals surface area contributed by atoms with E-state index in [9.17, 15) is 14.4 Å². The normalized spacial score (nSPS) is 22.6. The fourth-order valence-corrected chi connectivity index (χ4v) is 3.79. The first-order valence-electron chi connectivity index (χ1n) is 8.96. The number of fused-ring (bicyclic) bond motifs is 1. The first-order chi connectivity index (χ1) is 12.0. The van der Waals surface area contributed by atoms with Crippen molar-refractivity contribution in [3.63, 3.8) is 0 Å². The lowest BCUT2D eigenvalue weighted by Gasteiger charge is -2.29. The molecule has 6 nitrogen and oxygen atoms in total. The van der Waals surface area contributed by atoms with Crippen LogP contribution in [0.25, 0.3) is 0 Å². The van der Waals surface area contributed by atoms with Crippen LogP contribution in [0.15, 0.2) is 18.2 Å². The molecule has 2 atom stereocenters. The minimum absolute atomic E-state index is 0.110. The molecule has 0 aromatic heterocycles. The minimum Gasteiger partial charge on any atom is -0.481 e. The Morgan fingerprint density at radius 3 is 2.68 bits per heavy atom. The van der Waals surface area contributed by atoms with E-state index >= 15 is 0 Å². The van der Waals surface area contributed by atoms with Crippen LogP contribution in [-0.2, 0) is 20.8 Å². The molecule has 0 bridgehead atoms. The van der Waals surface area contributed by atoms with Gasteiger partial charge in [-0.3, -0.25) is 14.4 Å². The van der Waals surface area contributed by atoms with Crippen LogP contribution < -0.4 is 10.2 Å². The molecule has 2 N–H and O–H groups in total. The quantitative estimate of drug-likeness (QED) is 0.860. The zero-order chi connectivity index (χ0) is 18.0. The van der Waals surface area contributed by atoms with Crippen molar-refractivity contribution >= 4 is 29.2 Å². The molecule has 1 aliphatic heterocycles. The number of carboxylic acid groups (broad SMARTS) is 1. The number of carbonyl (C=O) groups excluding carboxylic acids is 2. The van der Waals surface area contributed by atoms with Gasteiger partial charge in [-0.1, -0.05) is 6.92 Å². The molecule has 134 valence electrons. The number of hydrogen-bond acceptors (Lipinski definition) is 3. The number of amides is 2. The summed E-state index contributed by atoms with van der Waals surface area (Å²) in [4.78, 5) is 37.3. The Morgan fingerprint density at radius 1 is 1.24 bits per heavy atom. The molecular formula is C19H24N2O4. The van der Waals surface area contributed by atoms with Crippen molar-refractivity contribution in [1.29, 1.82) is 0 Å². The average Bonchev–Trinajstić information content (AvgIpc) is 3.08. The third kappa shape index (κ3) is 3.67. The monoisotopic (exact) mass is 344 g/mol. The second-order valence-corrected chi connectivity index (χ2v) is 6.92. The molecule has 0 saturated heterocycles. The van der Waals surface area contributed by atoms with Gasteiger partial charge in [-0.05, 0) is 55.9 Å². The van der Waals surface area contributed by atoms with Gasteiger partial charge in [-0.25, -0.2) is 0 Å². The maximum atomic E-state index is 12.4. The van der Waals surface area contributed by atoms with Crippen LogP contribution in [0.5, 0.6) is 0 Å². The number of rotatable bonds is 5. The number of hydrogen-bond donors (Lipinski definition) is 2. The van der Waals surface area contributed by atoms with Crippen LogP contribution in [0.3, 0.4) is 0 Å². The van der Waals surface area contributed by atoms with Gasteiger partial charge < -0.3 is 15.3 Å². The number of nitrogens with one attached hydrogen (secondary N) is 1. The van der Waals surface area contributed by atoms with Gasteiger partial charge in [0.05, 0.1) is 5.92 Å². The molecule has 0 spiro atoms. The SMILES string of the molecule is CCCN1C(=O)CCc2cc(NC(=O)[C@@H]3CC[C@H](C(=O)O)C3)ccc21. The van der Waals surface area contributed by atoms with E-state index in [0.29, 0.717) is 44.3 Å². The Labute approximate surface area is 147 Å². The van der Waals surface area contributed by atoms with Crippen LogP contribution in [0.2, 0.25) is 0 Å². The Balaban J connectivity index is 1.69. The topological polar surface area (TPSA) is 86.7 Å². The largest absolute Gasteiger partial charge is 0.481 e. The van der Waals surface area contributed by atoms with Crippen molar-refractivity contribution in [2.75, 3.05) is 16.8 Å². The number of benzene rings is 1. The number of aliphatic carboxylic acids is 1. The van der Waals surface area contributed by atoms with Crippen molar-refractivity contribution in [3.8, 4) is 0 Å². The van der Waals surface area contributed by atoms with Gasteiger partial charge >= 0.3 is 5.97 Å². The predicted octanol–water partition coefficient (Wildman–Crippen LogP) is 2.82. The summed E-state index contributed by atoms with van der Waals surface area (Å²) in [6, 6.07) is 5.65. The molecular weight excluding hydrogens is 320 g/mol. The summed E-state index contributed by atoms with van der Waals surface area (Å²) >= 11 is 0. The van der Waals surface area contributed by atoms with Gasteiger partial charge in [0.2, 0.25) is 11.8 Å². The van der Waals surface area contributed by atoms with Gasteiger partial charge in [0, 0.05) is 30.3 Å². The van der Waals surface area contributed by atoms with Gasteiger partial charge in [0.15, 0.2) is 0 Å². The number of carboxylic acids is 1. The minimum atomic E-state index is -0.815. The first kappa shape index (κ1) is 17.5. The molecule has 3 rings (SSSR count). The molecule has 6 heteroatoms. The van der Waals surface area contributed by atoms with Crippen molar-refractivity contribution in [1.82, 2.24) is 0 Å². The standard InChI is InChI=1S/C19H24N2O4/c1-2-9-21-16-7-6-15(11-12(16)5-8-17(21)22)20-18(23)13-3-4-14(10-13)19(24)25/h6-7,11,13-14H,2-5,8-10H2,1H3,(H,20,23)(H,24,25)/t13-,14+/m1/s1. The fraction of sp³-hybridized carbons (Fsp3) is 0.526. The average molecular weight is 344 g/mol. The van der Waals surface area contributed by atoms with E-state index in [0.717, 1.165) is 17.7 Å². The molecule has 1 heterocycles. The fourth-order valence-electron chi connectivity index (χ4n) is 3.79. The number of aryl methyl sites for hydroxylation is 1. The summed E-state index contributed by atoms with van der Waals surface area (Å²) in [5.41, 5.74) is 2.72. The molecule has 1 fully saturated rings. The third-order valence-corrected chi connectivity index (χ3v) is 5.15. The third-order valence-electron chi connectivity index (χ3n) is 5.15. The molecule has 1 saturated carbocycles. The predicted molar refractivity (Wildman–Crippen MR) is 94.5 cm³/mol. The van der Waals surface area contributed by atoms with E-state index in [2.05, 4.69) is 5.32 Å². The van der Waals surface area contributed by atoms with E-state index < -0.39 is 11.9 Å². The second-order valence-electron chi connectivity index (χ2n) is 6.92. The van der Waals surface area contributed by atoms with Crippen LogP contribution in [0, 0.1) is 11.8 Å². The van der Waals surface area contributed by atoms with Crippen molar-refractivity contribution in [2.45, 2.75) is 45.4 Å². The van der Waals surface area contributed by atoms with E-state index in [1.54, 1.807) is 0 Å². The maximum absolute atomic E-state index is 12.4. The lowest BCUT2D eigenvalue weighted by Crippen LogP contribution is -2.35. The lowest BCUT2D eigenvalue weighted by atomic mass is 9.99. The molecule has 1 aromatic carbocycles. The van der Waals surface area contributed by atoms with Gasteiger partial charge in [0.1, 0.15) is 0 Å². The summed E-state index contributed by atoms with van der Waals surface area (Å²) in [6.07, 6.45) is 3.66. The van der Waals surface area contributed by atoms with Gasteiger partial charge in [-0.15, -0.1) is 0 Å². The molecule has 2 amide bonds. The van der Waals surface area contributed by atoms with Gasteiger partial charge in [-0.2, -0.15) is 0 Å². The van der Waals surface area contributed by atoms with E-state index in [-0.39, 0.29) is 17.7 Å². The molecule has 25 heavy (non-hydrogen) atoms. The Bertz CT molecular complexity index is 701. The van der Waals surface area contributed by atoms with E-state index in [1.165, 1.54) is 0 Å². The number of nitrogens with zero attached hydrogens (tertiary/aromatic N) is 1. The zero-order valence-corrected chi connectivity index (χ0v) is 14.5. The smallest absolute Gasteiger partial charge is 0.306 e. The maximum Gasteiger partial charge on any atom is 0.306 e. The molecule has 2 aliphatic rings. The summed E-state index contributed by atoms with van der Waals surface area (Å²) < 4.78 is 0. The summed E-state index contributed by atoms with van der Waals surface area (Å²) in [5.74, 6) is -1.43. The highest BCUT2D eigenvalue weighted by Gasteiger charge is 2.34. The van der Waals surface area contributed by atoms with Crippen LogP contribution in [0.4, 0.5) is 11.4 Å². The highest BCUT2D eigenvalue weighted by molar-refractivity contribution is 5.98. The highest BCUT2D eigenvalue weighted by Crippen LogP contribution is 2.33. The second kappa shape index (κ2) is 7.25. The molecule has 0 unspecified atom stereocenters. The van der Waals surface area contributed by atoms with Crippen LogP contribution in [-0.4, -0.2) is 29.4 Å². The summed E-state index contributed by atoms with van der Waals surface area (Å²) in [5, 5.41) is 12.0.